The molecule has 0 saturated carbocycles. The molecule has 3 rings (SSSR count). The normalized spacial score (nSPS) is 10.4. The second-order valence-electron chi connectivity index (χ2n) is 5.25. The van der Waals surface area contributed by atoms with E-state index in [9.17, 15) is 14.7 Å². The van der Waals surface area contributed by atoms with Gasteiger partial charge >= 0.3 is 11.9 Å². The summed E-state index contributed by atoms with van der Waals surface area (Å²) >= 11 is 0. The fourth-order valence-corrected chi connectivity index (χ4v) is 2.47. The third-order valence-corrected chi connectivity index (χ3v) is 3.68. The monoisotopic (exact) mass is 338 g/mol. The van der Waals surface area contributed by atoms with Crippen molar-refractivity contribution in [3.8, 4) is 5.75 Å². The topological polar surface area (TPSA) is 109 Å². The number of fused-ring (bicyclic) bond motifs is 1. The van der Waals surface area contributed by atoms with Gasteiger partial charge in [-0.1, -0.05) is 6.07 Å². The highest BCUT2D eigenvalue weighted by atomic mass is 16.5. The predicted molar refractivity (Wildman–Crippen MR) is 91.9 cm³/mol. The molecule has 0 spiro atoms. The summed E-state index contributed by atoms with van der Waals surface area (Å²) in [5, 5.41) is 22.1. The van der Waals surface area contributed by atoms with E-state index in [4.69, 9.17) is 9.84 Å². The summed E-state index contributed by atoms with van der Waals surface area (Å²) in [5.74, 6) is -1.66. The summed E-state index contributed by atoms with van der Waals surface area (Å²) in [4.78, 5) is 26.9. The van der Waals surface area contributed by atoms with E-state index in [1.165, 1.54) is 25.4 Å². The van der Waals surface area contributed by atoms with Crippen LogP contribution in [0.5, 0.6) is 5.75 Å². The molecule has 2 aromatic carbocycles. The van der Waals surface area contributed by atoms with Crippen LogP contribution in [0.4, 0.5) is 11.4 Å². The van der Waals surface area contributed by atoms with E-state index in [0.717, 1.165) is 0 Å². The molecule has 1 aromatic heterocycles. The maximum absolute atomic E-state index is 11.6. The summed E-state index contributed by atoms with van der Waals surface area (Å²) in [6, 6.07) is 11.3. The van der Waals surface area contributed by atoms with Crippen molar-refractivity contribution in [3.05, 3.63) is 59.8 Å². The first-order valence-electron chi connectivity index (χ1n) is 7.30. The van der Waals surface area contributed by atoms with Gasteiger partial charge in [0.05, 0.1) is 23.9 Å². The van der Waals surface area contributed by atoms with E-state index in [1.807, 2.05) is 0 Å². The number of ether oxygens (including phenoxy) is 1. The Hall–Kier alpha value is -3.61. The lowest BCUT2D eigenvalue weighted by molar-refractivity contribution is 0.0686. The van der Waals surface area contributed by atoms with E-state index in [1.54, 1.807) is 30.3 Å². The SMILES string of the molecule is COc1ccc2ncc(C(=O)O)c(Nc3cccc(C(=O)O)c3)c2c1. The number of hydrogen-bond donors (Lipinski definition) is 3. The van der Waals surface area contributed by atoms with Crippen LogP contribution in [0.1, 0.15) is 20.7 Å². The van der Waals surface area contributed by atoms with Crippen LogP contribution >= 0.6 is 0 Å². The molecule has 126 valence electrons. The number of carboxylic acids is 2. The van der Waals surface area contributed by atoms with Crippen molar-refractivity contribution < 1.29 is 24.5 Å². The summed E-state index contributed by atoms with van der Waals surface area (Å²) < 4.78 is 5.20. The molecule has 25 heavy (non-hydrogen) atoms. The van der Waals surface area contributed by atoms with E-state index in [0.29, 0.717) is 28.0 Å². The van der Waals surface area contributed by atoms with Gasteiger partial charge in [-0.3, -0.25) is 4.98 Å². The Morgan fingerprint density at radius 1 is 1.08 bits per heavy atom. The largest absolute Gasteiger partial charge is 0.497 e. The summed E-state index contributed by atoms with van der Waals surface area (Å²) in [5.41, 5.74) is 1.43. The van der Waals surface area contributed by atoms with Gasteiger partial charge in [0.1, 0.15) is 11.3 Å². The first kappa shape index (κ1) is 16.3. The highest BCUT2D eigenvalue weighted by molar-refractivity contribution is 6.05. The third-order valence-electron chi connectivity index (χ3n) is 3.68. The molecule has 7 heteroatoms. The Morgan fingerprint density at radius 3 is 2.56 bits per heavy atom. The Balaban J connectivity index is 2.18. The molecule has 7 nitrogen and oxygen atoms in total. The Kier molecular flexibility index (Phi) is 4.21. The van der Waals surface area contributed by atoms with Crippen LogP contribution in [-0.4, -0.2) is 34.2 Å². The fourth-order valence-electron chi connectivity index (χ4n) is 2.47. The van der Waals surface area contributed by atoms with Gasteiger partial charge in [-0.2, -0.15) is 0 Å². The molecule has 1 heterocycles. The van der Waals surface area contributed by atoms with E-state index >= 15 is 0 Å². The minimum atomic E-state index is -1.14. The molecular weight excluding hydrogens is 324 g/mol. The molecule has 0 atom stereocenters. The number of anilines is 2. The van der Waals surface area contributed by atoms with Gasteiger partial charge in [0.15, 0.2) is 0 Å². The fraction of sp³-hybridized carbons (Fsp3) is 0.0556. The molecular formula is C18H14N2O5. The number of aromatic carboxylic acids is 2. The third kappa shape index (κ3) is 3.20. The molecule has 0 aliphatic heterocycles. The molecule has 3 aromatic rings. The van der Waals surface area contributed by atoms with Crippen molar-refractivity contribution in [2.24, 2.45) is 0 Å². The Morgan fingerprint density at radius 2 is 1.88 bits per heavy atom. The molecule has 0 fully saturated rings. The number of nitrogens with one attached hydrogen (secondary N) is 1. The molecule has 0 radical (unpaired) electrons. The molecule has 0 aliphatic carbocycles. The molecule has 0 bridgehead atoms. The second-order valence-corrected chi connectivity index (χ2v) is 5.25. The molecule has 0 amide bonds. The predicted octanol–water partition coefficient (Wildman–Crippen LogP) is 3.38. The van der Waals surface area contributed by atoms with Crippen molar-refractivity contribution in [1.82, 2.24) is 4.98 Å². The first-order valence-corrected chi connectivity index (χ1v) is 7.30. The number of hydrogen-bond acceptors (Lipinski definition) is 5. The van der Waals surface area contributed by atoms with E-state index < -0.39 is 11.9 Å². The van der Waals surface area contributed by atoms with Crippen LogP contribution in [-0.2, 0) is 0 Å². The summed E-state index contributed by atoms with van der Waals surface area (Å²) in [7, 11) is 1.51. The molecule has 3 N–H and O–H groups in total. The number of aromatic nitrogens is 1. The van der Waals surface area contributed by atoms with Crippen LogP contribution in [0.2, 0.25) is 0 Å². The number of carboxylic acid groups (broad SMARTS) is 2. The highest BCUT2D eigenvalue weighted by Gasteiger charge is 2.16. The van der Waals surface area contributed by atoms with Crippen molar-refractivity contribution >= 4 is 34.2 Å². The molecule has 0 unspecified atom stereocenters. The molecule has 0 saturated heterocycles. The zero-order valence-electron chi connectivity index (χ0n) is 13.2. The molecule has 0 aliphatic rings. The smallest absolute Gasteiger partial charge is 0.339 e. The summed E-state index contributed by atoms with van der Waals surface area (Å²) in [6.07, 6.45) is 1.26. The average Bonchev–Trinajstić information content (AvgIpc) is 2.61. The lowest BCUT2D eigenvalue weighted by Crippen LogP contribution is -2.05. The average molecular weight is 338 g/mol. The maximum atomic E-state index is 11.6. The lowest BCUT2D eigenvalue weighted by atomic mass is 10.1. The van der Waals surface area contributed by atoms with Gasteiger partial charge in [-0.05, 0) is 36.4 Å². The lowest BCUT2D eigenvalue weighted by Gasteiger charge is -2.14. The Labute approximate surface area is 142 Å². The first-order chi connectivity index (χ1) is 12.0. The number of carbonyl (C=O) groups is 2. The van der Waals surface area contributed by atoms with Gasteiger partial charge in [-0.25, -0.2) is 9.59 Å². The van der Waals surface area contributed by atoms with Crippen molar-refractivity contribution in [2.45, 2.75) is 0 Å². The highest BCUT2D eigenvalue weighted by Crippen LogP contribution is 2.32. The number of methoxy groups -OCH3 is 1. The maximum Gasteiger partial charge on any atom is 0.339 e. The van der Waals surface area contributed by atoms with Gasteiger partial charge < -0.3 is 20.3 Å². The van der Waals surface area contributed by atoms with Gasteiger partial charge in [0.25, 0.3) is 0 Å². The second kappa shape index (κ2) is 6.48. The standard InChI is InChI=1S/C18H14N2O5/c1-25-12-5-6-15-13(8-12)16(14(9-19-15)18(23)24)20-11-4-2-3-10(7-11)17(21)22/h2-9H,1H3,(H,19,20)(H,21,22)(H,23,24). The zero-order valence-corrected chi connectivity index (χ0v) is 13.2. The van der Waals surface area contributed by atoms with Crippen LogP contribution in [0, 0.1) is 0 Å². The van der Waals surface area contributed by atoms with E-state index in [-0.39, 0.29) is 11.1 Å². The van der Waals surface area contributed by atoms with E-state index in [2.05, 4.69) is 10.3 Å². The van der Waals surface area contributed by atoms with Crippen molar-refractivity contribution in [2.75, 3.05) is 12.4 Å². The number of pyridine rings is 1. The zero-order chi connectivity index (χ0) is 18.0. The van der Waals surface area contributed by atoms with Crippen LogP contribution in [0.15, 0.2) is 48.7 Å². The number of rotatable bonds is 5. The number of nitrogens with zero attached hydrogens (tertiary/aromatic N) is 1. The minimum absolute atomic E-state index is 0.0264. The summed E-state index contributed by atoms with van der Waals surface area (Å²) in [6.45, 7) is 0. The van der Waals surface area contributed by atoms with Crippen molar-refractivity contribution in [1.29, 1.82) is 0 Å². The van der Waals surface area contributed by atoms with Crippen LogP contribution in [0.3, 0.4) is 0 Å². The van der Waals surface area contributed by atoms with Crippen LogP contribution < -0.4 is 10.1 Å². The van der Waals surface area contributed by atoms with Gasteiger partial charge in [-0.15, -0.1) is 0 Å². The van der Waals surface area contributed by atoms with Gasteiger partial charge in [0, 0.05) is 17.3 Å². The number of benzene rings is 2. The quantitative estimate of drug-likeness (QED) is 0.654. The van der Waals surface area contributed by atoms with Crippen molar-refractivity contribution in [3.63, 3.8) is 0 Å². The Bertz CT molecular complexity index is 984. The minimum Gasteiger partial charge on any atom is -0.497 e. The van der Waals surface area contributed by atoms with Gasteiger partial charge in [0.2, 0.25) is 0 Å². The van der Waals surface area contributed by atoms with Crippen LogP contribution in [0.25, 0.3) is 10.9 Å².